The number of amides is 1. The van der Waals surface area contributed by atoms with Crippen LogP contribution < -0.4 is 0 Å². The molecule has 5 nitrogen and oxygen atoms in total. The first kappa shape index (κ1) is 27.0. The van der Waals surface area contributed by atoms with Crippen LogP contribution in [0.1, 0.15) is 97.3 Å². The molecule has 0 aromatic rings. The molecule has 0 aromatic heterocycles. The first-order valence-electron chi connectivity index (χ1n) is 11.2. The van der Waals surface area contributed by atoms with E-state index in [2.05, 4.69) is 6.92 Å². The first-order chi connectivity index (χ1) is 13.5. The number of carbonyl (C=O) groups is 2. The standard InChI is InChI=1S/C22H42ClNO4/c1-4-5-6-7-8-9-10-11-12-13-14-15-18-27-21(25)20(2)24(3)22(26)28-19-16-17-23/h20H,4-19H2,1-3H3. The van der Waals surface area contributed by atoms with Crippen molar-refractivity contribution in [2.45, 2.75) is 103 Å². The number of carbonyl (C=O) groups excluding carboxylic acids is 2. The maximum Gasteiger partial charge on any atom is 0.410 e. The summed E-state index contributed by atoms with van der Waals surface area (Å²) in [4.78, 5) is 25.1. The molecule has 1 amide bonds. The van der Waals surface area contributed by atoms with E-state index >= 15 is 0 Å². The largest absolute Gasteiger partial charge is 0.464 e. The Labute approximate surface area is 177 Å². The molecule has 0 aliphatic heterocycles. The van der Waals surface area contributed by atoms with E-state index in [9.17, 15) is 9.59 Å². The van der Waals surface area contributed by atoms with E-state index in [0.717, 1.165) is 12.8 Å². The predicted octanol–water partition coefficient (Wildman–Crippen LogP) is 6.32. The number of halogens is 1. The average Bonchev–Trinajstić information content (AvgIpc) is 2.70. The van der Waals surface area contributed by atoms with Crippen LogP contribution in [-0.2, 0) is 14.3 Å². The van der Waals surface area contributed by atoms with Crippen molar-refractivity contribution in [3.63, 3.8) is 0 Å². The van der Waals surface area contributed by atoms with Crippen molar-refractivity contribution >= 4 is 23.7 Å². The van der Waals surface area contributed by atoms with Crippen LogP contribution in [0.15, 0.2) is 0 Å². The van der Waals surface area contributed by atoms with Gasteiger partial charge in [-0.05, 0) is 19.8 Å². The summed E-state index contributed by atoms with van der Waals surface area (Å²) in [5.41, 5.74) is 0. The minimum absolute atomic E-state index is 0.257. The van der Waals surface area contributed by atoms with E-state index in [1.54, 1.807) is 14.0 Å². The van der Waals surface area contributed by atoms with Gasteiger partial charge < -0.3 is 9.47 Å². The second kappa shape index (κ2) is 19.4. The summed E-state index contributed by atoms with van der Waals surface area (Å²) < 4.78 is 10.3. The molecule has 0 aliphatic rings. The number of unbranched alkanes of at least 4 members (excludes halogenated alkanes) is 11. The lowest BCUT2D eigenvalue weighted by molar-refractivity contribution is -0.148. The average molecular weight is 420 g/mol. The van der Waals surface area contributed by atoms with Gasteiger partial charge in [0, 0.05) is 12.9 Å². The number of likely N-dealkylation sites (N-methyl/N-ethyl adjacent to an activating group) is 1. The number of alkyl halides is 1. The fourth-order valence-electron chi connectivity index (χ4n) is 2.87. The van der Waals surface area contributed by atoms with Crippen LogP contribution in [0.2, 0.25) is 0 Å². The Balaban J connectivity index is 3.56. The van der Waals surface area contributed by atoms with Crippen molar-refractivity contribution in [3.8, 4) is 0 Å². The molecule has 0 radical (unpaired) electrons. The zero-order valence-corrected chi connectivity index (χ0v) is 19.1. The van der Waals surface area contributed by atoms with Crippen LogP contribution in [0.5, 0.6) is 0 Å². The summed E-state index contributed by atoms with van der Waals surface area (Å²) in [7, 11) is 1.54. The number of rotatable bonds is 18. The highest BCUT2D eigenvalue weighted by Gasteiger charge is 2.24. The molecule has 0 heterocycles. The minimum atomic E-state index is -0.652. The summed E-state index contributed by atoms with van der Waals surface area (Å²) in [6, 6.07) is -0.652. The maximum atomic E-state index is 12.0. The third-order valence-corrected chi connectivity index (χ3v) is 5.22. The van der Waals surface area contributed by atoms with Gasteiger partial charge in [0.05, 0.1) is 13.2 Å². The van der Waals surface area contributed by atoms with Crippen LogP contribution in [0.4, 0.5) is 4.79 Å². The second-order valence-electron chi connectivity index (χ2n) is 7.50. The number of esters is 1. The molecule has 0 fully saturated rings. The zero-order valence-electron chi connectivity index (χ0n) is 18.3. The third kappa shape index (κ3) is 15.0. The molecule has 1 atom stereocenters. The van der Waals surface area contributed by atoms with Gasteiger partial charge in [0.15, 0.2) is 0 Å². The van der Waals surface area contributed by atoms with Crippen LogP contribution in [0.25, 0.3) is 0 Å². The molecular weight excluding hydrogens is 378 g/mol. The molecule has 0 N–H and O–H groups in total. The lowest BCUT2D eigenvalue weighted by Crippen LogP contribution is -2.41. The lowest BCUT2D eigenvalue weighted by Gasteiger charge is -2.22. The summed E-state index contributed by atoms with van der Waals surface area (Å²) in [6.07, 6.45) is 15.3. The summed E-state index contributed by atoms with van der Waals surface area (Å²) in [5, 5.41) is 0. The minimum Gasteiger partial charge on any atom is -0.464 e. The van der Waals surface area contributed by atoms with Crippen LogP contribution in [-0.4, -0.2) is 49.1 Å². The van der Waals surface area contributed by atoms with Crippen molar-refractivity contribution in [1.29, 1.82) is 0 Å². The Bertz CT molecular complexity index is 393. The Morgan fingerprint density at radius 2 is 1.25 bits per heavy atom. The van der Waals surface area contributed by atoms with E-state index in [-0.39, 0.29) is 12.6 Å². The zero-order chi connectivity index (χ0) is 21.0. The monoisotopic (exact) mass is 419 g/mol. The highest BCUT2D eigenvalue weighted by Crippen LogP contribution is 2.12. The Morgan fingerprint density at radius 1 is 0.786 bits per heavy atom. The first-order valence-corrected chi connectivity index (χ1v) is 11.7. The molecule has 0 aliphatic carbocycles. The SMILES string of the molecule is CCCCCCCCCCCCCCOC(=O)C(C)N(C)C(=O)OCCCCl. The van der Waals surface area contributed by atoms with E-state index in [4.69, 9.17) is 21.1 Å². The van der Waals surface area contributed by atoms with Gasteiger partial charge in [0.2, 0.25) is 0 Å². The predicted molar refractivity (Wildman–Crippen MR) is 116 cm³/mol. The van der Waals surface area contributed by atoms with Crippen molar-refractivity contribution in [2.24, 2.45) is 0 Å². The van der Waals surface area contributed by atoms with Gasteiger partial charge in [-0.15, -0.1) is 11.6 Å². The molecule has 0 saturated carbocycles. The van der Waals surface area contributed by atoms with Gasteiger partial charge >= 0.3 is 12.1 Å². The van der Waals surface area contributed by atoms with Crippen molar-refractivity contribution in [1.82, 2.24) is 4.90 Å². The van der Waals surface area contributed by atoms with Gasteiger partial charge in [0.25, 0.3) is 0 Å². The molecule has 0 aromatic carbocycles. The van der Waals surface area contributed by atoms with Gasteiger partial charge in [-0.25, -0.2) is 9.59 Å². The normalized spacial score (nSPS) is 11.9. The van der Waals surface area contributed by atoms with Crippen LogP contribution >= 0.6 is 11.6 Å². The van der Waals surface area contributed by atoms with E-state index < -0.39 is 12.1 Å². The van der Waals surface area contributed by atoms with E-state index in [1.807, 2.05) is 0 Å². The molecule has 166 valence electrons. The highest BCUT2D eigenvalue weighted by atomic mass is 35.5. The van der Waals surface area contributed by atoms with Crippen molar-refractivity contribution in [3.05, 3.63) is 0 Å². The fourth-order valence-corrected chi connectivity index (χ4v) is 2.98. The van der Waals surface area contributed by atoms with Gasteiger partial charge in [-0.2, -0.15) is 0 Å². The summed E-state index contributed by atoms with van der Waals surface area (Å²) in [5.74, 6) is 0.0491. The molecular formula is C22H42ClNO4. The van der Waals surface area contributed by atoms with Gasteiger partial charge in [-0.1, -0.05) is 77.6 Å². The molecule has 0 saturated heterocycles. The lowest BCUT2D eigenvalue weighted by atomic mass is 10.1. The van der Waals surface area contributed by atoms with E-state index in [1.165, 1.54) is 69.1 Å². The highest BCUT2D eigenvalue weighted by molar-refractivity contribution is 6.17. The number of hydrogen-bond donors (Lipinski definition) is 0. The molecule has 28 heavy (non-hydrogen) atoms. The number of ether oxygens (including phenoxy) is 2. The quantitative estimate of drug-likeness (QED) is 0.148. The maximum absolute atomic E-state index is 12.0. The smallest absolute Gasteiger partial charge is 0.410 e. The molecule has 0 spiro atoms. The Morgan fingerprint density at radius 3 is 1.75 bits per heavy atom. The van der Waals surface area contributed by atoms with Crippen LogP contribution in [0.3, 0.4) is 0 Å². The topological polar surface area (TPSA) is 55.8 Å². The van der Waals surface area contributed by atoms with Gasteiger partial charge in [-0.3, -0.25) is 4.90 Å². The number of nitrogens with zero attached hydrogens (tertiary/aromatic N) is 1. The van der Waals surface area contributed by atoms with Crippen molar-refractivity contribution < 1.29 is 19.1 Å². The Hall–Kier alpha value is -0.970. The summed E-state index contributed by atoms with van der Waals surface area (Å²) in [6.45, 7) is 4.57. The number of hydrogen-bond acceptors (Lipinski definition) is 4. The van der Waals surface area contributed by atoms with Crippen LogP contribution in [0, 0.1) is 0 Å². The third-order valence-electron chi connectivity index (χ3n) is 4.96. The summed E-state index contributed by atoms with van der Waals surface area (Å²) >= 11 is 5.54. The molecule has 1 unspecified atom stereocenters. The van der Waals surface area contributed by atoms with Gasteiger partial charge in [0.1, 0.15) is 6.04 Å². The molecule has 0 bridgehead atoms. The molecule has 6 heteroatoms. The Kier molecular flexibility index (Phi) is 18.7. The fraction of sp³-hybridized carbons (Fsp3) is 0.909. The second-order valence-corrected chi connectivity index (χ2v) is 7.88. The van der Waals surface area contributed by atoms with E-state index in [0.29, 0.717) is 18.9 Å². The van der Waals surface area contributed by atoms with Crippen molar-refractivity contribution in [2.75, 3.05) is 26.1 Å². The molecule has 0 rings (SSSR count).